The largest absolute Gasteiger partial charge is 0.467 e. The third kappa shape index (κ3) is 11.0. The maximum absolute atomic E-state index is 14.6. The second kappa shape index (κ2) is 20.0. The fraction of sp³-hybridized carbons (Fsp3) is 0.585. The lowest BCUT2D eigenvalue weighted by molar-refractivity contribution is -0.147. The normalized spacial score (nSPS) is 20.6. The molecule has 2 saturated heterocycles. The molecule has 0 radical (unpaired) electrons. The molecule has 59 heavy (non-hydrogen) atoms. The predicted octanol–water partition coefficient (Wildman–Crippen LogP) is 0.956. The lowest BCUT2D eigenvalue weighted by atomic mass is 9.98. The molecule has 4 N–H and O–H groups in total. The predicted molar refractivity (Wildman–Crippen MR) is 211 cm³/mol. The monoisotopic (exact) mass is 820 g/mol. The summed E-state index contributed by atoms with van der Waals surface area (Å²) in [5.74, 6) is -5.13. The number of hydrogen-bond donors (Lipinski definition) is 4. The minimum atomic E-state index is -1.59. The van der Waals surface area contributed by atoms with Crippen LogP contribution in [-0.2, 0) is 46.4 Å². The van der Waals surface area contributed by atoms with E-state index in [4.69, 9.17) is 9.47 Å². The van der Waals surface area contributed by atoms with Gasteiger partial charge in [0.25, 0.3) is 11.8 Å². The van der Waals surface area contributed by atoms with E-state index in [-0.39, 0.29) is 31.6 Å². The van der Waals surface area contributed by atoms with Crippen molar-refractivity contribution in [1.82, 2.24) is 40.6 Å². The number of carbonyl (C=O) groups excluding carboxylic acids is 7. The standard InChI is InChI=1S/C41H56N8O10/c1-7-8-13-28(34(50)39(55)49-22-31(49)40(56)58-6)44-36(52)30-18-27(59-41(57)47-17-14-25-11-9-10-12-26(25)20-47)21-48(30)38(54)33(24(4)5)46-37(53)32(23(2)3)45-35(51)29-19-42-15-16-43-29/h9-12,15-16,19,23-24,27-28,30-33,36,44,52H,7-8,13-14,17-18,20-22H2,1-6H3,(H,45,51)(H,46,53)/t27-,28+,30+,31?,32+,33+,36?,49?/m1/s1. The van der Waals surface area contributed by atoms with Crippen LogP contribution in [0.2, 0.25) is 0 Å². The first-order chi connectivity index (χ1) is 28.1. The molecule has 3 aliphatic rings. The second-order valence-corrected chi connectivity index (χ2v) is 15.9. The molecular formula is C41H56N8O10. The number of aliphatic hydroxyl groups is 1. The first-order valence-corrected chi connectivity index (χ1v) is 20.2. The molecule has 320 valence electrons. The Bertz CT molecular complexity index is 1860. The average Bonchev–Trinajstić information content (AvgIpc) is 3.93. The van der Waals surface area contributed by atoms with Crippen LogP contribution in [0, 0.1) is 11.8 Å². The topological polar surface area (TPSA) is 230 Å². The molecule has 4 heterocycles. The Kier molecular flexibility index (Phi) is 15.1. The highest BCUT2D eigenvalue weighted by atomic mass is 16.6. The molecule has 1 aromatic carbocycles. The van der Waals surface area contributed by atoms with Crippen molar-refractivity contribution in [3.05, 3.63) is 59.7 Å². The molecular weight excluding hydrogens is 764 g/mol. The Labute approximate surface area is 343 Å². The van der Waals surface area contributed by atoms with E-state index in [2.05, 4.69) is 25.9 Å². The Morgan fingerprint density at radius 3 is 2.29 bits per heavy atom. The van der Waals surface area contributed by atoms with Gasteiger partial charge < -0.3 is 39.9 Å². The van der Waals surface area contributed by atoms with Gasteiger partial charge in [0.15, 0.2) is 0 Å². The van der Waals surface area contributed by atoms with Gasteiger partial charge in [-0.2, -0.15) is 0 Å². The number of methoxy groups -OCH3 is 1. The summed E-state index contributed by atoms with van der Waals surface area (Å²) in [6.07, 6.45) is 2.94. The van der Waals surface area contributed by atoms with E-state index in [0.29, 0.717) is 32.4 Å². The van der Waals surface area contributed by atoms with Gasteiger partial charge in [-0.25, -0.2) is 14.6 Å². The molecule has 0 bridgehead atoms. The highest BCUT2D eigenvalue weighted by Gasteiger charge is 2.50. The fourth-order valence-electron chi connectivity index (χ4n) is 7.44. The van der Waals surface area contributed by atoms with Crippen molar-refractivity contribution >= 4 is 41.5 Å². The minimum absolute atomic E-state index is 0.00760. The molecule has 5 amide bonds. The molecule has 1 aromatic heterocycles. The highest BCUT2D eigenvalue weighted by Crippen LogP contribution is 2.28. The smallest absolute Gasteiger partial charge is 0.410 e. The maximum atomic E-state index is 14.6. The van der Waals surface area contributed by atoms with E-state index in [9.17, 15) is 38.7 Å². The zero-order valence-corrected chi connectivity index (χ0v) is 34.5. The number of aromatic nitrogens is 2. The molecule has 0 spiro atoms. The van der Waals surface area contributed by atoms with E-state index in [1.165, 1.54) is 30.6 Å². The number of Topliss-reactive ketones (excluding diaryl/α,β-unsaturated/α-hetero) is 1. The fourth-order valence-corrected chi connectivity index (χ4v) is 7.44. The maximum Gasteiger partial charge on any atom is 0.410 e. The summed E-state index contributed by atoms with van der Waals surface area (Å²) < 4.78 is 10.7. The number of amides is 5. The summed E-state index contributed by atoms with van der Waals surface area (Å²) in [4.78, 5) is 106. The van der Waals surface area contributed by atoms with Crippen molar-refractivity contribution in [1.29, 1.82) is 0 Å². The van der Waals surface area contributed by atoms with Gasteiger partial charge in [0.1, 0.15) is 36.2 Å². The summed E-state index contributed by atoms with van der Waals surface area (Å²) in [7, 11) is 1.19. The van der Waals surface area contributed by atoms with Crippen LogP contribution in [0.4, 0.5) is 4.79 Å². The van der Waals surface area contributed by atoms with Crippen LogP contribution in [-0.4, -0.2) is 141 Å². The number of unbranched alkanes of at least 4 members (excludes halogenated alkanes) is 1. The molecule has 3 aliphatic heterocycles. The summed E-state index contributed by atoms with van der Waals surface area (Å²) in [6, 6.07) is 2.48. The molecule has 2 aromatic rings. The van der Waals surface area contributed by atoms with Crippen LogP contribution in [0.25, 0.3) is 0 Å². The van der Waals surface area contributed by atoms with Gasteiger partial charge in [-0.05, 0) is 35.8 Å². The number of benzene rings is 1. The SMILES string of the molecule is CCCC[C@H](NC(O)[C@@H]1C[C@@H](OC(=O)N2CCc3ccccc3C2)CN1C(=O)[C@@H](NC(=O)[C@@H](NC(=O)c1cnccn1)C(C)C)C(C)C)C(=O)C(=O)N1CC1C(=O)OC. The lowest BCUT2D eigenvalue weighted by Gasteiger charge is -2.35. The number of carbonyl (C=O) groups is 7. The molecule has 7 atom stereocenters. The number of fused-ring (bicyclic) bond motifs is 1. The van der Waals surface area contributed by atoms with Gasteiger partial charge in [-0.1, -0.05) is 71.7 Å². The lowest BCUT2D eigenvalue weighted by Crippen LogP contribution is -2.60. The highest BCUT2D eigenvalue weighted by molar-refractivity contribution is 6.39. The Hall–Kier alpha value is -5.49. The zero-order chi connectivity index (χ0) is 43.0. The number of aliphatic hydroxyl groups excluding tert-OH is 1. The number of nitrogens with zero attached hydrogens (tertiary/aromatic N) is 5. The van der Waals surface area contributed by atoms with E-state index in [1.807, 2.05) is 31.2 Å². The number of nitrogens with one attached hydrogen (secondary N) is 3. The van der Waals surface area contributed by atoms with Gasteiger partial charge in [0, 0.05) is 31.9 Å². The number of rotatable bonds is 17. The first kappa shape index (κ1) is 44.6. The van der Waals surface area contributed by atoms with Crippen molar-refractivity contribution in [2.45, 2.75) is 116 Å². The quantitative estimate of drug-likeness (QED) is 0.0756. The van der Waals surface area contributed by atoms with E-state index in [0.717, 1.165) is 16.0 Å². The average molecular weight is 821 g/mol. The van der Waals surface area contributed by atoms with Crippen molar-refractivity contribution in [3.63, 3.8) is 0 Å². The molecule has 2 fully saturated rings. The van der Waals surface area contributed by atoms with Crippen LogP contribution in [0.5, 0.6) is 0 Å². The van der Waals surface area contributed by atoms with Crippen molar-refractivity contribution in [3.8, 4) is 0 Å². The Balaban J connectivity index is 1.36. The zero-order valence-electron chi connectivity index (χ0n) is 34.5. The van der Waals surface area contributed by atoms with Crippen LogP contribution >= 0.6 is 0 Å². The molecule has 0 aliphatic carbocycles. The van der Waals surface area contributed by atoms with Crippen LogP contribution in [0.15, 0.2) is 42.9 Å². The Morgan fingerprint density at radius 2 is 1.64 bits per heavy atom. The number of likely N-dealkylation sites (tertiary alicyclic amines) is 1. The molecule has 18 nitrogen and oxygen atoms in total. The summed E-state index contributed by atoms with van der Waals surface area (Å²) in [6.45, 7) is 9.50. The third-order valence-corrected chi connectivity index (χ3v) is 11.0. The van der Waals surface area contributed by atoms with Crippen LogP contribution < -0.4 is 16.0 Å². The molecule has 0 saturated carbocycles. The summed E-state index contributed by atoms with van der Waals surface area (Å²) in [5.41, 5.74) is 2.15. The number of hydrogen-bond acceptors (Lipinski definition) is 13. The van der Waals surface area contributed by atoms with E-state index >= 15 is 0 Å². The van der Waals surface area contributed by atoms with Gasteiger partial charge in [-0.3, -0.25) is 34.3 Å². The van der Waals surface area contributed by atoms with Crippen molar-refractivity contribution in [2.24, 2.45) is 11.8 Å². The number of esters is 1. The van der Waals surface area contributed by atoms with Crippen LogP contribution in [0.1, 0.15) is 81.9 Å². The summed E-state index contributed by atoms with van der Waals surface area (Å²) in [5, 5.41) is 20.2. The van der Waals surface area contributed by atoms with Crippen molar-refractivity contribution < 1.29 is 48.1 Å². The summed E-state index contributed by atoms with van der Waals surface area (Å²) >= 11 is 0. The molecule has 18 heteroatoms. The van der Waals surface area contributed by atoms with Gasteiger partial charge >= 0.3 is 12.1 Å². The first-order valence-electron chi connectivity index (χ1n) is 20.2. The van der Waals surface area contributed by atoms with E-state index in [1.54, 1.807) is 32.6 Å². The molecule has 5 rings (SSSR count). The van der Waals surface area contributed by atoms with Crippen LogP contribution in [0.3, 0.4) is 0 Å². The number of ether oxygens (including phenoxy) is 2. The minimum Gasteiger partial charge on any atom is -0.467 e. The van der Waals surface area contributed by atoms with E-state index < -0.39 is 95.9 Å². The third-order valence-electron chi connectivity index (χ3n) is 11.0. The second-order valence-electron chi connectivity index (χ2n) is 15.9. The van der Waals surface area contributed by atoms with Gasteiger partial charge in [-0.15, -0.1) is 0 Å². The number of ketones is 1. The van der Waals surface area contributed by atoms with Crippen molar-refractivity contribution in [2.75, 3.05) is 26.7 Å². The Morgan fingerprint density at radius 1 is 0.932 bits per heavy atom. The van der Waals surface area contributed by atoms with Gasteiger partial charge in [0.2, 0.25) is 17.6 Å². The van der Waals surface area contributed by atoms with Gasteiger partial charge in [0.05, 0.1) is 38.5 Å². The molecule has 2 unspecified atom stereocenters.